The van der Waals surface area contributed by atoms with Crippen molar-refractivity contribution in [2.45, 2.75) is 20.3 Å². The number of nitrogens with zero attached hydrogens (tertiary/aromatic N) is 2. The van der Waals surface area contributed by atoms with E-state index in [2.05, 4.69) is 13.8 Å². The summed E-state index contributed by atoms with van der Waals surface area (Å²) in [6.45, 7) is 6.63. The number of primary amides is 1. The lowest BCUT2D eigenvalue weighted by Crippen LogP contribution is -2.40. The topological polar surface area (TPSA) is 49.6 Å². The third-order valence-electron chi connectivity index (χ3n) is 2.11. The first-order valence-corrected chi connectivity index (χ1v) is 5.12. The number of likely N-dealkylation sites (N-methyl/N-ethyl adjacent to an activating group) is 1. The van der Waals surface area contributed by atoms with E-state index in [4.69, 9.17) is 5.73 Å². The molecule has 14 heavy (non-hydrogen) atoms. The molecule has 0 fully saturated rings. The van der Waals surface area contributed by atoms with E-state index in [9.17, 15) is 4.79 Å². The van der Waals surface area contributed by atoms with Crippen molar-refractivity contribution in [2.24, 2.45) is 11.7 Å². The number of carbonyl (C=O) groups excluding carboxylic acids is 1. The lowest BCUT2D eigenvalue weighted by molar-refractivity contribution is 0.197. The number of amides is 2. The Kier molecular flexibility index (Phi) is 6.28. The Balaban J connectivity index is 3.84. The van der Waals surface area contributed by atoms with E-state index in [0.717, 1.165) is 26.1 Å². The maximum Gasteiger partial charge on any atom is 0.314 e. The maximum absolute atomic E-state index is 11.1. The first-order chi connectivity index (χ1) is 6.43. The smallest absolute Gasteiger partial charge is 0.314 e. The average molecular weight is 201 g/mol. The van der Waals surface area contributed by atoms with Crippen molar-refractivity contribution in [1.82, 2.24) is 9.80 Å². The van der Waals surface area contributed by atoms with E-state index in [0.29, 0.717) is 5.92 Å². The van der Waals surface area contributed by atoms with Gasteiger partial charge >= 0.3 is 6.03 Å². The van der Waals surface area contributed by atoms with Crippen molar-refractivity contribution >= 4 is 6.03 Å². The molecule has 0 atom stereocenters. The average Bonchev–Trinajstić information content (AvgIpc) is 2.02. The number of carbonyl (C=O) groups is 1. The van der Waals surface area contributed by atoms with Gasteiger partial charge in [0.05, 0.1) is 0 Å². The van der Waals surface area contributed by atoms with E-state index in [1.807, 2.05) is 19.0 Å². The molecule has 0 aromatic heterocycles. The summed E-state index contributed by atoms with van der Waals surface area (Å²) in [5, 5.41) is 0. The molecular formula is C10H23N3O. The zero-order valence-electron chi connectivity index (χ0n) is 9.79. The van der Waals surface area contributed by atoms with Crippen molar-refractivity contribution in [2.75, 3.05) is 33.7 Å². The lowest BCUT2D eigenvalue weighted by Gasteiger charge is -2.23. The summed E-state index contributed by atoms with van der Waals surface area (Å²) in [4.78, 5) is 14.8. The van der Waals surface area contributed by atoms with Crippen molar-refractivity contribution in [3.8, 4) is 0 Å². The van der Waals surface area contributed by atoms with Gasteiger partial charge in [0.15, 0.2) is 0 Å². The minimum absolute atomic E-state index is 0.312. The van der Waals surface area contributed by atoms with Crippen LogP contribution < -0.4 is 5.73 Å². The summed E-state index contributed by atoms with van der Waals surface area (Å²) in [7, 11) is 3.98. The molecule has 0 aromatic carbocycles. The molecule has 0 radical (unpaired) electrons. The van der Waals surface area contributed by atoms with Gasteiger partial charge in [-0.25, -0.2) is 4.79 Å². The molecule has 0 aliphatic carbocycles. The molecule has 0 aromatic rings. The molecule has 0 bridgehead atoms. The summed E-state index contributed by atoms with van der Waals surface area (Å²) in [5.41, 5.74) is 5.28. The van der Waals surface area contributed by atoms with Crippen LogP contribution in [0.1, 0.15) is 20.3 Å². The highest BCUT2D eigenvalue weighted by molar-refractivity contribution is 5.71. The number of hydrogen-bond donors (Lipinski definition) is 1. The predicted molar refractivity (Wildman–Crippen MR) is 59.2 cm³/mol. The summed E-state index contributed by atoms with van der Waals surface area (Å²) in [6, 6.07) is -0.312. The second-order valence-corrected chi connectivity index (χ2v) is 4.31. The summed E-state index contributed by atoms with van der Waals surface area (Å²) < 4.78 is 0. The molecule has 2 amide bonds. The van der Waals surface area contributed by atoms with Crippen LogP contribution in [0.3, 0.4) is 0 Å². The highest BCUT2D eigenvalue weighted by Crippen LogP contribution is 2.01. The van der Waals surface area contributed by atoms with Crippen LogP contribution in [-0.4, -0.2) is 49.6 Å². The molecule has 0 heterocycles. The fourth-order valence-corrected chi connectivity index (χ4v) is 1.07. The second kappa shape index (κ2) is 6.65. The molecule has 0 spiro atoms. The molecule has 0 aliphatic rings. The summed E-state index contributed by atoms with van der Waals surface area (Å²) >= 11 is 0. The van der Waals surface area contributed by atoms with E-state index < -0.39 is 0 Å². The third-order valence-corrected chi connectivity index (χ3v) is 2.11. The van der Waals surface area contributed by atoms with Crippen LogP contribution in [0.4, 0.5) is 4.79 Å². The Bertz CT molecular complexity index is 157. The molecular weight excluding hydrogens is 178 g/mol. The normalized spacial score (nSPS) is 11.0. The van der Waals surface area contributed by atoms with E-state index >= 15 is 0 Å². The molecule has 0 saturated heterocycles. The van der Waals surface area contributed by atoms with E-state index in [-0.39, 0.29) is 6.03 Å². The van der Waals surface area contributed by atoms with Crippen molar-refractivity contribution < 1.29 is 4.79 Å². The van der Waals surface area contributed by atoms with Crippen molar-refractivity contribution in [1.29, 1.82) is 0 Å². The van der Waals surface area contributed by atoms with Gasteiger partial charge in [-0.1, -0.05) is 13.8 Å². The van der Waals surface area contributed by atoms with Gasteiger partial charge in [-0.2, -0.15) is 0 Å². The summed E-state index contributed by atoms with van der Waals surface area (Å²) in [5.74, 6) is 0.608. The van der Waals surface area contributed by atoms with E-state index in [1.54, 1.807) is 4.90 Å². The maximum atomic E-state index is 11.1. The van der Waals surface area contributed by atoms with Crippen molar-refractivity contribution in [3.63, 3.8) is 0 Å². The number of rotatable bonds is 6. The van der Waals surface area contributed by atoms with Gasteiger partial charge in [0.2, 0.25) is 0 Å². The molecule has 2 N–H and O–H groups in total. The minimum atomic E-state index is -0.312. The third kappa shape index (κ3) is 6.71. The second-order valence-electron chi connectivity index (χ2n) is 4.31. The molecule has 4 nitrogen and oxygen atoms in total. The van der Waals surface area contributed by atoms with Crippen LogP contribution in [0.25, 0.3) is 0 Å². The first kappa shape index (κ1) is 13.2. The van der Waals surface area contributed by atoms with Crippen LogP contribution >= 0.6 is 0 Å². The van der Waals surface area contributed by atoms with Crippen LogP contribution in [0, 0.1) is 5.92 Å². The van der Waals surface area contributed by atoms with Gasteiger partial charge in [-0.05, 0) is 26.4 Å². The van der Waals surface area contributed by atoms with Crippen molar-refractivity contribution in [3.05, 3.63) is 0 Å². The Morgan fingerprint density at radius 3 is 2.14 bits per heavy atom. The Morgan fingerprint density at radius 2 is 1.79 bits per heavy atom. The monoisotopic (exact) mass is 201 g/mol. The quantitative estimate of drug-likeness (QED) is 0.696. The van der Waals surface area contributed by atoms with Crippen LogP contribution in [0.5, 0.6) is 0 Å². The van der Waals surface area contributed by atoms with Gasteiger partial charge in [0, 0.05) is 19.6 Å². The van der Waals surface area contributed by atoms with Gasteiger partial charge < -0.3 is 15.5 Å². The van der Waals surface area contributed by atoms with Gasteiger partial charge in [0.25, 0.3) is 0 Å². The highest BCUT2D eigenvalue weighted by atomic mass is 16.2. The largest absolute Gasteiger partial charge is 0.351 e. The Labute approximate surface area is 87.0 Å². The zero-order chi connectivity index (χ0) is 11.1. The van der Waals surface area contributed by atoms with Gasteiger partial charge in [-0.3, -0.25) is 0 Å². The SMILES string of the molecule is CC(C)CCN(CCN(C)C)C(N)=O. The standard InChI is InChI=1S/C10H23N3O/c1-9(2)5-6-13(10(11)14)8-7-12(3)4/h9H,5-8H2,1-4H3,(H2,11,14). The molecule has 84 valence electrons. The Hall–Kier alpha value is -0.770. The molecule has 0 rings (SSSR count). The number of nitrogens with two attached hydrogens (primary N) is 1. The van der Waals surface area contributed by atoms with E-state index in [1.165, 1.54) is 0 Å². The summed E-state index contributed by atoms with van der Waals surface area (Å²) in [6.07, 6.45) is 1.01. The molecule has 0 unspecified atom stereocenters. The zero-order valence-corrected chi connectivity index (χ0v) is 9.79. The molecule has 4 heteroatoms. The lowest BCUT2D eigenvalue weighted by atomic mass is 10.1. The molecule has 0 aliphatic heterocycles. The first-order valence-electron chi connectivity index (χ1n) is 5.12. The highest BCUT2D eigenvalue weighted by Gasteiger charge is 2.09. The minimum Gasteiger partial charge on any atom is -0.351 e. The number of urea groups is 1. The van der Waals surface area contributed by atoms with Crippen LogP contribution in [0.15, 0.2) is 0 Å². The Morgan fingerprint density at radius 1 is 1.21 bits per heavy atom. The van der Waals surface area contributed by atoms with Gasteiger partial charge in [0.1, 0.15) is 0 Å². The number of hydrogen-bond acceptors (Lipinski definition) is 2. The fourth-order valence-electron chi connectivity index (χ4n) is 1.07. The van der Waals surface area contributed by atoms with Crippen LogP contribution in [0.2, 0.25) is 0 Å². The van der Waals surface area contributed by atoms with Gasteiger partial charge in [-0.15, -0.1) is 0 Å². The predicted octanol–water partition coefficient (Wildman–Crippen LogP) is 0.975. The fraction of sp³-hybridized carbons (Fsp3) is 0.900. The van der Waals surface area contributed by atoms with Crippen LogP contribution in [-0.2, 0) is 0 Å². The molecule has 0 saturated carbocycles.